The first kappa shape index (κ1) is 15.9. The summed E-state index contributed by atoms with van der Waals surface area (Å²) < 4.78 is 7.14. The smallest absolute Gasteiger partial charge is 0.339 e. The summed E-state index contributed by atoms with van der Waals surface area (Å²) in [5, 5.41) is 19.5. The highest BCUT2D eigenvalue weighted by molar-refractivity contribution is 7.71. The Morgan fingerprint density at radius 2 is 2.00 bits per heavy atom. The average Bonchev–Trinajstić information content (AvgIpc) is 2.76. The summed E-state index contributed by atoms with van der Waals surface area (Å²) in [5.41, 5.74) is 1.53. The van der Waals surface area contributed by atoms with Gasteiger partial charge in [0, 0.05) is 5.02 Å². The molecule has 2 N–H and O–H groups in total. The number of aromatic hydroxyl groups is 1. The first-order chi connectivity index (χ1) is 10.9. The predicted molar refractivity (Wildman–Crippen MR) is 89.2 cm³/mol. The van der Waals surface area contributed by atoms with Gasteiger partial charge in [-0.25, -0.2) is 4.79 Å². The maximum absolute atomic E-state index is 10.9. The van der Waals surface area contributed by atoms with E-state index in [1.165, 1.54) is 12.1 Å². The summed E-state index contributed by atoms with van der Waals surface area (Å²) in [6, 6.07) is 7.53. The van der Waals surface area contributed by atoms with Crippen molar-refractivity contribution in [1.82, 2.24) is 4.57 Å². The largest absolute Gasteiger partial charge is 0.507 e. The van der Waals surface area contributed by atoms with Gasteiger partial charge in [-0.3, -0.25) is 4.57 Å². The molecule has 0 unspecified atom stereocenters. The van der Waals surface area contributed by atoms with Crippen LogP contribution < -0.4 is 0 Å². The maximum atomic E-state index is 10.9. The number of oxazole rings is 1. The van der Waals surface area contributed by atoms with Gasteiger partial charge in [-0.2, -0.15) is 0 Å². The highest BCUT2D eigenvalue weighted by atomic mass is 35.5. The molecular weight excluding hydrogens is 361 g/mol. The molecule has 0 saturated heterocycles. The number of benzene rings is 2. The summed E-state index contributed by atoms with van der Waals surface area (Å²) in [6.45, 7) is 0.274. The maximum Gasteiger partial charge on any atom is 0.339 e. The molecule has 23 heavy (non-hydrogen) atoms. The van der Waals surface area contributed by atoms with E-state index in [0.717, 1.165) is 0 Å². The highest BCUT2D eigenvalue weighted by Crippen LogP contribution is 2.30. The fourth-order valence-electron chi connectivity index (χ4n) is 2.28. The molecule has 118 valence electrons. The SMILES string of the molecule is O=C(O)c1ccc(Cn2c(=S)oc3c(Cl)cc(Cl)cc32)cc1O. The molecule has 0 amide bonds. The quantitative estimate of drug-likeness (QED) is 0.653. The third kappa shape index (κ3) is 2.93. The summed E-state index contributed by atoms with van der Waals surface area (Å²) in [4.78, 5) is 11.1. The Bertz CT molecular complexity index is 993. The van der Waals surface area contributed by atoms with Gasteiger partial charge in [0.2, 0.25) is 0 Å². The van der Waals surface area contributed by atoms with Crippen molar-refractivity contribution < 1.29 is 19.4 Å². The molecule has 0 aliphatic heterocycles. The Balaban J connectivity index is 2.09. The van der Waals surface area contributed by atoms with Crippen molar-refractivity contribution in [2.75, 3.05) is 0 Å². The molecule has 0 aliphatic carbocycles. The highest BCUT2D eigenvalue weighted by Gasteiger charge is 2.14. The Labute approximate surface area is 145 Å². The Morgan fingerprint density at radius 3 is 2.65 bits per heavy atom. The average molecular weight is 370 g/mol. The van der Waals surface area contributed by atoms with E-state index in [9.17, 15) is 9.90 Å². The number of carbonyl (C=O) groups is 1. The normalized spacial score (nSPS) is 11.0. The third-order valence-corrected chi connectivity index (χ3v) is 4.13. The molecule has 1 aromatic heterocycles. The zero-order valence-corrected chi connectivity index (χ0v) is 13.7. The van der Waals surface area contributed by atoms with E-state index >= 15 is 0 Å². The lowest BCUT2D eigenvalue weighted by molar-refractivity contribution is 0.0693. The van der Waals surface area contributed by atoms with Gasteiger partial charge in [-0.15, -0.1) is 0 Å². The van der Waals surface area contributed by atoms with Crippen molar-refractivity contribution in [3.8, 4) is 5.75 Å². The van der Waals surface area contributed by atoms with E-state index < -0.39 is 5.97 Å². The zero-order valence-electron chi connectivity index (χ0n) is 11.4. The van der Waals surface area contributed by atoms with Crippen molar-refractivity contribution in [1.29, 1.82) is 0 Å². The lowest BCUT2D eigenvalue weighted by Crippen LogP contribution is -2.02. The fraction of sp³-hybridized carbons (Fsp3) is 0.0667. The molecule has 2 aromatic carbocycles. The molecule has 0 fully saturated rings. The van der Waals surface area contributed by atoms with Crippen LogP contribution in [0.4, 0.5) is 0 Å². The summed E-state index contributed by atoms with van der Waals surface area (Å²) >= 11 is 17.3. The first-order valence-corrected chi connectivity index (χ1v) is 7.57. The number of rotatable bonds is 3. The van der Waals surface area contributed by atoms with E-state index in [-0.39, 0.29) is 22.7 Å². The monoisotopic (exact) mass is 369 g/mol. The number of hydrogen-bond donors (Lipinski definition) is 2. The van der Waals surface area contributed by atoms with E-state index in [1.54, 1.807) is 22.8 Å². The molecule has 5 nitrogen and oxygen atoms in total. The second-order valence-electron chi connectivity index (χ2n) is 4.85. The first-order valence-electron chi connectivity index (χ1n) is 6.40. The van der Waals surface area contributed by atoms with Gasteiger partial charge >= 0.3 is 5.97 Å². The minimum absolute atomic E-state index is 0.166. The van der Waals surface area contributed by atoms with Crippen LogP contribution in [0.2, 0.25) is 10.0 Å². The number of fused-ring (bicyclic) bond motifs is 1. The van der Waals surface area contributed by atoms with Crippen LogP contribution in [0.5, 0.6) is 5.75 Å². The number of carboxylic acids is 1. The van der Waals surface area contributed by atoms with Crippen molar-refractivity contribution in [3.05, 3.63) is 56.3 Å². The minimum Gasteiger partial charge on any atom is -0.507 e. The number of halogens is 2. The van der Waals surface area contributed by atoms with E-state index in [2.05, 4.69) is 0 Å². The Kier molecular flexibility index (Phi) is 4.06. The third-order valence-electron chi connectivity index (χ3n) is 3.32. The molecule has 0 saturated carbocycles. The number of aromatic carboxylic acids is 1. The van der Waals surface area contributed by atoms with E-state index in [4.69, 9.17) is 44.9 Å². The molecular formula is C15H9Cl2NO4S. The second kappa shape index (κ2) is 5.88. The van der Waals surface area contributed by atoms with Crippen LogP contribution in [-0.4, -0.2) is 20.7 Å². The molecule has 1 heterocycles. The second-order valence-corrected chi connectivity index (χ2v) is 6.04. The van der Waals surface area contributed by atoms with E-state index in [0.29, 0.717) is 26.7 Å². The Morgan fingerprint density at radius 1 is 1.26 bits per heavy atom. The van der Waals surface area contributed by atoms with Crippen LogP contribution in [0, 0.1) is 4.84 Å². The molecule has 0 bridgehead atoms. The van der Waals surface area contributed by atoms with Gasteiger partial charge in [0.15, 0.2) is 5.58 Å². The van der Waals surface area contributed by atoms with Crippen LogP contribution in [-0.2, 0) is 6.54 Å². The molecule has 3 rings (SSSR count). The molecule has 8 heteroatoms. The van der Waals surface area contributed by atoms with Gasteiger partial charge in [-0.1, -0.05) is 29.3 Å². The van der Waals surface area contributed by atoms with Crippen molar-refractivity contribution in [2.45, 2.75) is 6.54 Å². The van der Waals surface area contributed by atoms with Gasteiger partial charge in [0.1, 0.15) is 11.3 Å². The number of aromatic nitrogens is 1. The molecule has 0 radical (unpaired) electrons. The van der Waals surface area contributed by atoms with Crippen molar-refractivity contribution in [3.63, 3.8) is 0 Å². The summed E-state index contributed by atoms with van der Waals surface area (Å²) in [7, 11) is 0. The standard InChI is InChI=1S/C15H9Cl2NO4S/c16-8-4-10(17)13-11(5-8)18(15(23)22-13)6-7-1-2-9(14(20)21)12(19)3-7/h1-5,19H,6H2,(H,20,21). The van der Waals surface area contributed by atoms with Crippen LogP contribution in [0.1, 0.15) is 15.9 Å². The lowest BCUT2D eigenvalue weighted by Gasteiger charge is -2.06. The van der Waals surface area contributed by atoms with Gasteiger partial charge in [0.25, 0.3) is 4.84 Å². The molecule has 3 aromatic rings. The fourth-order valence-corrected chi connectivity index (χ4v) is 3.05. The number of nitrogens with zero attached hydrogens (tertiary/aromatic N) is 1. The number of phenols is 1. The topological polar surface area (TPSA) is 75.6 Å². The van der Waals surface area contributed by atoms with Crippen LogP contribution in [0.15, 0.2) is 34.7 Å². The van der Waals surface area contributed by atoms with Crippen LogP contribution in [0.25, 0.3) is 11.1 Å². The zero-order chi connectivity index (χ0) is 16.7. The molecule has 0 atom stereocenters. The lowest BCUT2D eigenvalue weighted by atomic mass is 10.1. The van der Waals surface area contributed by atoms with Crippen molar-refractivity contribution >= 4 is 52.5 Å². The molecule has 0 aliphatic rings. The van der Waals surface area contributed by atoms with Gasteiger partial charge in [0.05, 0.1) is 17.1 Å². The summed E-state index contributed by atoms with van der Waals surface area (Å²) in [6.07, 6.45) is 0. The van der Waals surface area contributed by atoms with Crippen LogP contribution >= 0.6 is 35.4 Å². The number of carboxylic acid groups (broad SMARTS) is 1. The van der Waals surface area contributed by atoms with Gasteiger partial charge < -0.3 is 14.6 Å². The number of hydrogen-bond acceptors (Lipinski definition) is 4. The van der Waals surface area contributed by atoms with Crippen molar-refractivity contribution in [2.24, 2.45) is 0 Å². The predicted octanol–water partition coefficient (Wildman–Crippen LogP) is 4.72. The van der Waals surface area contributed by atoms with Crippen LogP contribution in [0.3, 0.4) is 0 Å². The van der Waals surface area contributed by atoms with E-state index in [1.807, 2.05) is 0 Å². The Hall–Kier alpha value is -2.02. The summed E-state index contributed by atoms with van der Waals surface area (Å²) in [5.74, 6) is -1.51. The van der Waals surface area contributed by atoms with Gasteiger partial charge in [-0.05, 0) is 42.0 Å². The minimum atomic E-state index is -1.20. The molecule has 0 spiro atoms.